The monoisotopic (exact) mass is 288 g/mol. The van der Waals surface area contributed by atoms with E-state index in [2.05, 4.69) is 45.1 Å². The number of hydrogen-bond donors (Lipinski definition) is 2. The third-order valence-electron chi connectivity index (χ3n) is 3.18. The number of hydrogen-bond acceptors (Lipinski definition) is 4. The van der Waals surface area contributed by atoms with E-state index in [1.54, 1.807) is 0 Å². The number of nitrogens with zero attached hydrogens (tertiary/aromatic N) is 1. The lowest BCUT2D eigenvalue weighted by atomic mass is 9.93. The van der Waals surface area contributed by atoms with Crippen LogP contribution in [0.1, 0.15) is 46.5 Å². The van der Waals surface area contributed by atoms with Gasteiger partial charge in [0.1, 0.15) is 0 Å². The second kappa shape index (κ2) is 11.5. The second-order valence-electron chi connectivity index (χ2n) is 6.82. The van der Waals surface area contributed by atoms with Gasteiger partial charge in [-0.15, -0.1) is 0 Å². The Kier molecular flexibility index (Phi) is 11.4. The van der Waals surface area contributed by atoms with Gasteiger partial charge in [-0.1, -0.05) is 40.0 Å². The van der Waals surface area contributed by atoms with E-state index in [-0.39, 0.29) is 5.41 Å². The van der Waals surface area contributed by atoms with Crippen LogP contribution in [-0.2, 0) is 4.74 Å². The van der Waals surface area contributed by atoms with Crippen LogP contribution < -0.4 is 5.32 Å². The fourth-order valence-electron chi connectivity index (χ4n) is 2.40. The van der Waals surface area contributed by atoms with Crippen LogP contribution in [0.2, 0.25) is 0 Å². The summed E-state index contributed by atoms with van der Waals surface area (Å²) in [6.07, 6.45) is 4.44. The molecule has 2 N–H and O–H groups in total. The van der Waals surface area contributed by atoms with Crippen molar-refractivity contribution in [2.24, 2.45) is 5.41 Å². The molecule has 0 aromatic rings. The van der Waals surface area contributed by atoms with E-state index in [0.29, 0.717) is 13.2 Å². The smallest absolute Gasteiger partial charge is 0.0897 e. The summed E-state index contributed by atoms with van der Waals surface area (Å²) in [6.45, 7) is 10.4. The van der Waals surface area contributed by atoms with Crippen LogP contribution >= 0.6 is 0 Å². The van der Waals surface area contributed by atoms with E-state index < -0.39 is 6.10 Å². The molecular formula is C16H36N2O2. The van der Waals surface area contributed by atoms with Gasteiger partial charge in [0.15, 0.2) is 0 Å². The Bertz CT molecular complexity index is 221. The molecule has 1 atom stereocenters. The van der Waals surface area contributed by atoms with Gasteiger partial charge in [0.05, 0.1) is 12.7 Å². The maximum atomic E-state index is 9.83. The van der Waals surface area contributed by atoms with Crippen LogP contribution in [-0.4, -0.2) is 63.1 Å². The zero-order chi connectivity index (χ0) is 15.4. The van der Waals surface area contributed by atoms with Crippen LogP contribution in [0.5, 0.6) is 0 Å². The van der Waals surface area contributed by atoms with Gasteiger partial charge in [0.2, 0.25) is 0 Å². The summed E-state index contributed by atoms with van der Waals surface area (Å²) in [5.41, 5.74) is 0.213. The lowest BCUT2D eigenvalue weighted by molar-refractivity contribution is 0.0341. The molecule has 0 saturated heterocycles. The Hall–Kier alpha value is -0.160. The van der Waals surface area contributed by atoms with Gasteiger partial charge in [-0.25, -0.2) is 0 Å². The molecule has 0 heterocycles. The molecule has 0 aromatic carbocycles. The largest absolute Gasteiger partial charge is 0.389 e. The minimum atomic E-state index is -0.406. The van der Waals surface area contributed by atoms with Gasteiger partial charge >= 0.3 is 0 Å². The molecule has 0 rings (SSSR count). The maximum absolute atomic E-state index is 9.83. The van der Waals surface area contributed by atoms with Crippen LogP contribution in [0.15, 0.2) is 0 Å². The molecular weight excluding hydrogens is 252 g/mol. The normalized spacial score (nSPS) is 13.9. The van der Waals surface area contributed by atoms with Crippen LogP contribution in [0.25, 0.3) is 0 Å². The average molecular weight is 288 g/mol. The zero-order valence-corrected chi connectivity index (χ0v) is 14.2. The molecule has 0 aliphatic rings. The minimum Gasteiger partial charge on any atom is -0.389 e. The molecule has 0 saturated carbocycles. The molecule has 0 spiro atoms. The van der Waals surface area contributed by atoms with Crippen molar-refractivity contribution in [2.75, 3.05) is 46.9 Å². The van der Waals surface area contributed by atoms with Crippen molar-refractivity contribution in [2.45, 2.75) is 52.6 Å². The summed E-state index contributed by atoms with van der Waals surface area (Å²) in [5, 5.41) is 13.2. The quantitative estimate of drug-likeness (QED) is 0.510. The molecule has 4 heteroatoms. The van der Waals surface area contributed by atoms with E-state index >= 15 is 0 Å². The van der Waals surface area contributed by atoms with E-state index in [0.717, 1.165) is 26.1 Å². The summed E-state index contributed by atoms with van der Waals surface area (Å²) in [7, 11) is 4.17. The van der Waals surface area contributed by atoms with Crippen molar-refractivity contribution in [1.29, 1.82) is 0 Å². The highest BCUT2D eigenvalue weighted by Crippen LogP contribution is 2.13. The standard InChI is InChI=1S/C16H36N2O2/c1-6-7-8-9-10-20-12-15(19)11-17-13-16(2,3)14-18(4)5/h15,17,19H,6-14H2,1-5H3. The highest BCUT2D eigenvalue weighted by atomic mass is 16.5. The first-order valence-corrected chi connectivity index (χ1v) is 7.98. The molecule has 4 nitrogen and oxygen atoms in total. The highest BCUT2D eigenvalue weighted by molar-refractivity contribution is 4.75. The second-order valence-corrected chi connectivity index (χ2v) is 6.82. The molecule has 0 radical (unpaired) electrons. The molecule has 0 bridgehead atoms. The molecule has 0 aromatic heterocycles. The third-order valence-corrected chi connectivity index (χ3v) is 3.18. The highest BCUT2D eigenvalue weighted by Gasteiger charge is 2.18. The Labute approximate surface area is 125 Å². The molecule has 0 amide bonds. The third kappa shape index (κ3) is 12.9. The van der Waals surface area contributed by atoms with Crippen molar-refractivity contribution in [3.05, 3.63) is 0 Å². The Morgan fingerprint density at radius 2 is 1.90 bits per heavy atom. The van der Waals surface area contributed by atoms with E-state index in [9.17, 15) is 5.11 Å². The number of aliphatic hydroxyl groups excluding tert-OH is 1. The zero-order valence-electron chi connectivity index (χ0n) is 14.2. The number of rotatable bonds is 13. The first-order chi connectivity index (χ1) is 9.37. The Morgan fingerprint density at radius 3 is 2.50 bits per heavy atom. The number of unbranched alkanes of at least 4 members (excludes halogenated alkanes) is 3. The molecule has 1 unspecified atom stereocenters. The van der Waals surface area contributed by atoms with Crippen molar-refractivity contribution in [1.82, 2.24) is 10.2 Å². The van der Waals surface area contributed by atoms with Crippen molar-refractivity contribution in [3.63, 3.8) is 0 Å². The van der Waals surface area contributed by atoms with E-state index in [4.69, 9.17) is 4.74 Å². The van der Waals surface area contributed by atoms with Gasteiger partial charge in [-0.2, -0.15) is 0 Å². The van der Waals surface area contributed by atoms with Crippen molar-refractivity contribution < 1.29 is 9.84 Å². The van der Waals surface area contributed by atoms with Gasteiger partial charge in [0, 0.05) is 26.2 Å². The predicted molar refractivity (Wildman–Crippen MR) is 86.2 cm³/mol. The lowest BCUT2D eigenvalue weighted by Gasteiger charge is -2.29. The Balaban J connectivity index is 3.51. The maximum Gasteiger partial charge on any atom is 0.0897 e. The van der Waals surface area contributed by atoms with Gasteiger partial charge in [-0.3, -0.25) is 0 Å². The summed E-state index contributed by atoms with van der Waals surface area (Å²) >= 11 is 0. The minimum absolute atomic E-state index is 0.213. The first kappa shape index (κ1) is 19.8. The van der Waals surface area contributed by atoms with Crippen molar-refractivity contribution >= 4 is 0 Å². The van der Waals surface area contributed by atoms with Crippen LogP contribution in [0.4, 0.5) is 0 Å². The average Bonchev–Trinajstić information content (AvgIpc) is 2.31. The summed E-state index contributed by atoms with van der Waals surface area (Å²) < 4.78 is 5.49. The van der Waals surface area contributed by atoms with Crippen LogP contribution in [0, 0.1) is 5.41 Å². The van der Waals surface area contributed by atoms with Crippen LogP contribution in [0.3, 0.4) is 0 Å². The molecule has 0 aliphatic carbocycles. The number of nitrogens with one attached hydrogen (secondary N) is 1. The summed E-state index contributed by atoms with van der Waals surface area (Å²) in [6, 6.07) is 0. The van der Waals surface area contributed by atoms with E-state index in [1.807, 2.05) is 0 Å². The van der Waals surface area contributed by atoms with Gasteiger partial charge in [0.25, 0.3) is 0 Å². The first-order valence-electron chi connectivity index (χ1n) is 7.98. The molecule has 0 fully saturated rings. The van der Waals surface area contributed by atoms with Gasteiger partial charge < -0.3 is 20.1 Å². The fourth-order valence-corrected chi connectivity index (χ4v) is 2.40. The van der Waals surface area contributed by atoms with E-state index in [1.165, 1.54) is 19.3 Å². The SMILES string of the molecule is CCCCCCOCC(O)CNCC(C)(C)CN(C)C. The topological polar surface area (TPSA) is 44.7 Å². The number of aliphatic hydroxyl groups is 1. The summed E-state index contributed by atoms with van der Waals surface area (Å²) in [5.74, 6) is 0. The fraction of sp³-hybridized carbons (Fsp3) is 1.00. The molecule has 122 valence electrons. The Morgan fingerprint density at radius 1 is 1.20 bits per heavy atom. The lowest BCUT2D eigenvalue weighted by Crippen LogP contribution is -2.41. The van der Waals surface area contributed by atoms with Crippen molar-refractivity contribution in [3.8, 4) is 0 Å². The molecule has 0 aliphatic heterocycles. The predicted octanol–water partition coefficient (Wildman–Crippen LogP) is 2.12. The number of ether oxygens (including phenoxy) is 1. The summed E-state index contributed by atoms with van der Waals surface area (Å²) in [4.78, 5) is 2.19. The molecule has 20 heavy (non-hydrogen) atoms. The van der Waals surface area contributed by atoms with Gasteiger partial charge in [-0.05, 0) is 25.9 Å².